The third-order valence-corrected chi connectivity index (χ3v) is 3.74. The minimum atomic E-state index is -0.241. The van der Waals surface area contributed by atoms with Gasteiger partial charge < -0.3 is 10.1 Å². The van der Waals surface area contributed by atoms with Crippen molar-refractivity contribution in [3.8, 4) is 0 Å². The Kier molecular flexibility index (Phi) is 1.79. The Morgan fingerprint density at radius 3 is 2.54 bits per heavy atom. The first-order valence-electron chi connectivity index (χ1n) is 5.01. The summed E-state index contributed by atoms with van der Waals surface area (Å²) in [6.07, 6.45) is 4.47. The standard InChI is InChI=1S/C10H17NO2/c1-9(2)5-3-4-6-10(9)7-13-8(12)11-10/h3-7H2,1-2H3,(H,11,12). The van der Waals surface area contributed by atoms with Gasteiger partial charge in [0.15, 0.2) is 0 Å². The fourth-order valence-electron chi connectivity index (χ4n) is 2.53. The molecule has 3 heteroatoms. The van der Waals surface area contributed by atoms with Crippen molar-refractivity contribution in [1.82, 2.24) is 5.32 Å². The van der Waals surface area contributed by atoms with Gasteiger partial charge in [0.25, 0.3) is 0 Å². The number of carbonyl (C=O) groups is 1. The molecule has 1 atom stereocenters. The van der Waals surface area contributed by atoms with Crippen molar-refractivity contribution < 1.29 is 9.53 Å². The Labute approximate surface area is 78.8 Å². The molecule has 0 aromatic heterocycles. The van der Waals surface area contributed by atoms with Gasteiger partial charge in [-0.2, -0.15) is 0 Å². The zero-order valence-electron chi connectivity index (χ0n) is 8.35. The summed E-state index contributed by atoms with van der Waals surface area (Å²) in [7, 11) is 0. The van der Waals surface area contributed by atoms with Crippen LogP contribution >= 0.6 is 0 Å². The molecule has 1 aliphatic carbocycles. The van der Waals surface area contributed by atoms with E-state index in [0.29, 0.717) is 6.61 Å². The predicted molar refractivity (Wildman–Crippen MR) is 49.5 cm³/mol. The molecular formula is C10H17NO2. The number of amides is 1. The summed E-state index contributed by atoms with van der Waals surface area (Å²) >= 11 is 0. The molecule has 2 fully saturated rings. The van der Waals surface area contributed by atoms with Gasteiger partial charge in [0, 0.05) is 0 Å². The van der Waals surface area contributed by atoms with Gasteiger partial charge in [-0.15, -0.1) is 0 Å². The van der Waals surface area contributed by atoms with E-state index in [0.717, 1.165) is 6.42 Å². The Morgan fingerprint density at radius 2 is 2.00 bits per heavy atom. The minimum absolute atomic E-state index is 0.0810. The SMILES string of the molecule is CC1(C)CCCCC12COC(=O)N2. The fourth-order valence-corrected chi connectivity index (χ4v) is 2.53. The van der Waals surface area contributed by atoms with Crippen molar-refractivity contribution in [2.75, 3.05) is 6.61 Å². The van der Waals surface area contributed by atoms with Crippen LogP contribution in [0.4, 0.5) is 4.79 Å². The van der Waals surface area contributed by atoms with Crippen LogP contribution in [-0.2, 0) is 4.74 Å². The smallest absolute Gasteiger partial charge is 0.407 e. The Bertz CT molecular complexity index is 237. The van der Waals surface area contributed by atoms with Crippen molar-refractivity contribution in [1.29, 1.82) is 0 Å². The number of nitrogens with one attached hydrogen (secondary N) is 1. The first kappa shape index (κ1) is 8.85. The fraction of sp³-hybridized carbons (Fsp3) is 0.900. The number of hydrogen-bond acceptors (Lipinski definition) is 2. The highest BCUT2D eigenvalue weighted by Gasteiger charge is 2.51. The van der Waals surface area contributed by atoms with Crippen molar-refractivity contribution in [2.24, 2.45) is 5.41 Å². The van der Waals surface area contributed by atoms with Crippen molar-refractivity contribution >= 4 is 6.09 Å². The largest absolute Gasteiger partial charge is 0.447 e. The lowest BCUT2D eigenvalue weighted by Gasteiger charge is -2.45. The average molecular weight is 183 g/mol. The summed E-state index contributed by atoms with van der Waals surface area (Å²) in [6, 6.07) is 0. The van der Waals surface area contributed by atoms with Crippen LogP contribution in [0.25, 0.3) is 0 Å². The van der Waals surface area contributed by atoms with Gasteiger partial charge >= 0.3 is 6.09 Å². The van der Waals surface area contributed by atoms with E-state index in [1.54, 1.807) is 0 Å². The summed E-state index contributed by atoms with van der Waals surface area (Å²) < 4.78 is 5.03. The van der Waals surface area contributed by atoms with Crippen LogP contribution in [0.2, 0.25) is 0 Å². The van der Waals surface area contributed by atoms with Gasteiger partial charge in [0.2, 0.25) is 0 Å². The zero-order valence-corrected chi connectivity index (χ0v) is 8.35. The molecule has 1 saturated heterocycles. The maximum absolute atomic E-state index is 11.1. The average Bonchev–Trinajstić information content (AvgIpc) is 2.41. The summed E-state index contributed by atoms with van der Waals surface area (Å²) in [5, 5.41) is 3.00. The molecule has 0 aromatic carbocycles. The van der Waals surface area contributed by atoms with Gasteiger partial charge in [0.1, 0.15) is 6.61 Å². The van der Waals surface area contributed by atoms with Crippen LogP contribution in [0.5, 0.6) is 0 Å². The summed E-state index contributed by atoms with van der Waals surface area (Å²) in [6.45, 7) is 5.00. The highest BCUT2D eigenvalue weighted by atomic mass is 16.6. The summed E-state index contributed by atoms with van der Waals surface area (Å²) in [5.74, 6) is 0. The van der Waals surface area contributed by atoms with E-state index in [1.165, 1.54) is 19.3 Å². The van der Waals surface area contributed by atoms with Crippen LogP contribution in [0.1, 0.15) is 39.5 Å². The lowest BCUT2D eigenvalue weighted by Crippen LogP contribution is -2.56. The van der Waals surface area contributed by atoms with Crippen LogP contribution in [0.15, 0.2) is 0 Å². The van der Waals surface area contributed by atoms with Crippen molar-refractivity contribution in [2.45, 2.75) is 45.1 Å². The Morgan fingerprint density at radius 1 is 1.31 bits per heavy atom. The number of carbonyl (C=O) groups excluding carboxylic acids is 1. The maximum Gasteiger partial charge on any atom is 0.407 e. The van der Waals surface area contributed by atoms with Crippen LogP contribution in [-0.4, -0.2) is 18.2 Å². The molecule has 1 spiro atoms. The lowest BCUT2D eigenvalue weighted by molar-refractivity contribution is 0.0660. The normalized spacial score (nSPS) is 37.2. The lowest BCUT2D eigenvalue weighted by atomic mass is 9.64. The summed E-state index contributed by atoms with van der Waals surface area (Å²) in [4.78, 5) is 11.1. The van der Waals surface area contributed by atoms with E-state index in [2.05, 4.69) is 19.2 Å². The second-order valence-electron chi connectivity index (χ2n) is 4.87. The number of rotatable bonds is 0. The van der Waals surface area contributed by atoms with Gasteiger partial charge in [-0.3, -0.25) is 0 Å². The Hall–Kier alpha value is -0.730. The van der Waals surface area contributed by atoms with E-state index < -0.39 is 0 Å². The summed E-state index contributed by atoms with van der Waals surface area (Å²) in [5.41, 5.74) is 0.0970. The zero-order chi connectivity index (χ0) is 9.53. The van der Waals surface area contributed by atoms with Crippen molar-refractivity contribution in [3.05, 3.63) is 0 Å². The Balaban J connectivity index is 2.23. The second kappa shape index (κ2) is 2.63. The van der Waals surface area contributed by atoms with E-state index in [-0.39, 0.29) is 17.0 Å². The van der Waals surface area contributed by atoms with Crippen LogP contribution in [0.3, 0.4) is 0 Å². The number of hydrogen-bond donors (Lipinski definition) is 1. The van der Waals surface area contributed by atoms with E-state index in [4.69, 9.17) is 4.74 Å². The maximum atomic E-state index is 11.1. The molecule has 0 bridgehead atoms. The molecule has 2 aliphatic rings. The molecule has 1 heterocycles. The number of ether oxygens (including phenoxy) is 1. The molecule has 1 aliphatic heterocycles. The molecule has 1 unspecified atom stereocenters. The predicted octanol–water partition coefficient (Wildman–Crippen LogP) is 2.07. The van der Waals surface area contributed by atoms with E-state index in [1.807, 2.05) is 0 Å². The van der Waals surface area contributed by atoms with E-state index >= 15 is 0 Å². The first-order chi connectivity index (χ1) is 6.06. The molecular weight excluding hydrogens is 166 g/mol. The van der Waals surface area contributed by atoms with Crippen LogP contribution in [0, 0.1) is 5.41 Å². The molecule has 1 amide bonds. The van der Waals surface area contributed by atoms with Crippen LogP contribution < -0.4 is 5.32 Å². The van der Waals surface area contributed by atoms with Crippen molar-refractivity contribution in [3.63, 3.8) is 0 Å². The highest BCUT2D eigenvalue weighted by Crippen LogP contribution is 2.45. The molecule has 1 N–H and O–H groups in total. The number of cyclic esters (lactones) is 1. The molecule has 3 nitrogen and oxygen atoms in total. The second-order valence-corrected chi connectivity index (χ2v) is 4.87. The molecule has 0 aromatic rings. The first-order valence-corrected chi connectivity index (χ1v) is 5.01. The third-order valence-electron chi connectivity index (χ3n) is 3.74. The number of alkyl carbamates (subject to hydrolysis) is 1. The van der Waals surface area contributed by atoms with Gasteiger partial charge in [0.05, 0.1) is 5.54 Å². The van der Waals surface area contributed by atoms with Gasteiger partial charge in [-0.25, -0.2) is 4.79 Å². The molecule has 2 rings (SSSR count). The molecule has 1 saturated carbocycles. The molecule has 0 radical (unpaired) electrons. The monoisotopic (exact) mass is 183 g/mol. The third kappa shape index (κ3) is 1.21. The minimum Gasteiger partial charge on any atom is -0.447 e. The molecule has 74 valence electrons. The van der Waals surface area contributed by atoms with E-state index in [9.17, 15) is 4.79 Å². The van der Waals surface area contributed by atoms with Gasteiger partial charge in [-0.05, 0) is 18.3 Å². The highest BCUT2D eigenvalue weighted by molar-refractivity contribution is 5.71. The molecule has 13 heavy (non-hydrogen) atoms. The van der Waals surface area contributed by atoms with Gasteiger partial charge in [-0.1, -0.05) is 26.7 Å². The quantitative estimate of drug-likeness (QED) is 0.624. The topological polar surface area (TPSA) is 38.3 Å².